The van der Waals surface area contributed by atoms with E-state index >= 15 is 0 Å². The molecular weight excluding hydrogens is 342 g/mol. The molecule has 0 atom stereocenters. The van der Waals surface area contributed by atoms with E-state index in [0.717, 1.165) is 25.7 Å². The number of nitrogens with one attached hydrogen (secondary N) is 2. The number of benzene rings is 1. The maximum Gasteiger partial charge on any atom is 0.257 e. The van der Waals surface area contributed by atoms with E-state index in [4.69, 9.17) is 4.74 Å². The number of para-hydroxylation sites is 2. The van der Waals surface area contributed by atoms with Gasteiger partial charge in [0.2, 0.25) is 0 Å². The minimum atomic E-state index is -0.335. The topological polar surface area (TPSA) is 80.3 Å². The van der Waals surface area contributed by atoms with Crippen molar-refractivity contribution in [1.29, 1.82) is 0 Å². The van der Waals surface area contributed by atoms with Crippen molar-refractivity contribution in [1.82, 2.24) is 10.3 Å². The maximum atomic E-state index is 12.6. The number of pyridine rings is 1. The first-order chi connectivity index (χ1) is 13.0. The number of nitrogens with zero attached hydrogens (tertiary/aromatic N) is 1. The van der Waals surface area contributed by atoms with Crippen molar-refractivity contribution in [3.05, 3.63) is 53.9 Å². The van der Waals surface area contributed by atoms with Gasteiger partial charge in [-0.25, -0.2) is 0 Å². The molecule has 1 aromatic heterocycles. The second-order valence-electron chi connectivity index (χ2n) is 7.03. The SMILES string of the molecule is CC(C)Oc1ccccc1NC(=O)c1cncc(C(=O)NC2CCCC2)c1. The molecule has 0 saturated heterocycles. The number of hydrogen-bond donors (Lipinski definition) is 2. The molecular formula is C21H25N3O3. The highest BCUT2D eigenvalue weighted by atomic mass is 16.5. The normalized spacial score (nSPS) is 14.2. The Balaban J connectivity index is 1.71. The number of amides is 2. The van der Waals surface area contributed by atoms with E-state index in [-0.39, 0.29) is 24.0 Å². The van der Waals surface area contributed by atoms with Crippen LogP contribution < -0.4 is 15.4 Å². The molecule has 1 heterocycles. The number of anilines is 1. The van der Waals surface area contributed by atoms with Crippen LogP contribution in [0.25, 0.3) is 0 Å². The lowest BCUT2D eigenvalue weighted by Crippen LogP contribution is -2.32. The summed E-state index contributed by atoms with van der Waals surface area (Å²) in [5, 5.41) is 5.85. The zero-order valence-corrected chi connectivity index (χ0v) is 15.7. The lowest BCUT2D eigenvalue weighted by Gasteiger charge is -2.15. The Morgan fingerprint density at radius 1 is 1.07 bits per heavy atom. The van der Waals surface area contributed by atoms with Crippen molar-refractivity contribution in [3.8, 4) is 5.75 Å². The summed E-state index contributed by atoms with van der Waals surface area (Å²) in [6.45, 7) is 3.85. The Hall–Kier alpha value is -2.89. The molecule has 0 spiro atoms. The van der Waals surface area contributed by atoms with Crippen LogP contribution >= 0.6 is 0 Å². The van der Waals surface area contributed by atoms with Crippen LogP contribution in [0.3, 0.4) is 0 Å². The molecule has 1 fully saturated rings. The summed E-state index contributed by atoms with van der Waals surface area (Å²) in [6.07, 6.45) is 7.22. The van der Waals surface area contributed by atoms with Crippen LogP contribution in [0.4, 0.5) is 5.69 Å². The maximum absolute atomic E-state index is 12.6. The Bertz CT molecular complexity index is 814. The average molecular weight is 367 g/mol. The molecule has 2 aromatic rings. The van der Waals surface area contributed by atoms with Gasteiger partial charge in [0.15, 0.2) is 0 Å². The third-order valence-electron chi connectivity index (χ3n) is 4.45. The summed E-state index contributed by atoms with van der Waals surface area (Å²) in [5.74, 6) is 0.0781. The Morgan fingerprint density at radius 2 is 1.74 bits per heavy atom. The molecule has 0 unspecified atom stereocenters. The van der Waals surface area contributed by atoms with E-state index < -0.39 is 0 Å². The molecule has 2 amide bonds. The quantitative estimate of drug-likeness (QED) is 0.814. The predicted molar refractivity (Wildman–Crippen MR) is 104 cm³/mol. The van der Waals surface area contributed by atoms with Gasteiger partial charge in [-0.1, -0.05) is 25.0 Å². The highest BCUT2D eigenvalue weighted by Crippen LogP contribution is 2.25. The number of rotatable bonds is 6. The van der Waals surface area contributed by atoms with Crippen molar-refractivity contribution in [2.45, 2.75) is 51.7 Å². The van der Waals surface area contributed by atoms with Gasteiger partial charge in [-0.05, 0) is 44.9 Å². The molecule has 1 saturated carbocycles. The standard InChI is InChI=1S/C21H25N3O3/c1-14(2)27-19-10-6-5-9-18(19)24-21(26)16-11-15(12-22-13-16)20(25)23-17-7-3-4-8-17/h5-6,9-14,17H,3-4,7-8H2,1-2H3,(H,23,25)(H,24,26). The van der Waals surface area contributed by atoms with E-state index in [2.05, 4.69) is 15.6 Å². The predicted octanol–water partition coefficient (Wildman–Crippen LogP) is 3.79. The van der Waals surface area contributed by atoms with E-state index in [9.17, 15) is 9.59 Å². The Labute approximate surface area is 159 Å². The second-order valence-corrected chi connectivity index (χ2v) is 7.03. The van der Waals surface area contributed by atoms with Crippen LogP contribution in [0, 0.1) is 0 Å². The smallest absolute Gasteiger partial charge is 0.257 e. The highest BCUT2D eigenvalue weighted by molar-refractivity contribution is 6.06. The van der Waals surface area contributed by atoms with Crippen molar-refractivity contribution in [3.63, 3.8) is 0 Å². The summed E-state index contributed by atoms with van der Waals surface area (Å²) in [6, 6.07) is 9.04. The van der Waals surface area contributed by atoms with Crippen LogP contribution in [0.15, 0.2) is 42.7 Å². The highest BCUT2D eigenvalue weighted by Gasteiger charge is 2.19. The third-order valence-corrected chi connectivity index (χ3v) is 4.45. The fourth-order valence-corrected chi connectivity index (χ4v) is 3.15. The van der Waals surface area contributed by atoms with Gasteiger partial charge in [0.25, 0.3) is 11.8 Å². The van der Waals surface area contributed by atoms with Gasteiger partial charge in [-0.2, -0.15) is 0 Å². The van der Waals surface area contributed by atoms with Gasteiger partial charge in [0, 0.05) is 18.4 Å². The fraction of sp³-hybridized carbons (Fsp3) is 0.381. The number of aromatic nitrogens is 1. The van der Waals surface area contributed by atoms with Gasteiger partial charge in [0.05, 0.1) is 22.9 Å². The van der Waals surface area contributed by atoms with Gasteiger partial charge in [-0.15, -0.1) is 0 Å². The molecule has 0 aliphatic heterocycles. The molecule has 6 heteroatoms. The van der Waals surface area contributed by atoms with Crippen LogP contribution in [-0.2, 0) is 0 Å². The monoisotopic (exact) mass is 367 g/mol. The number of ether oxygens (including phenoxy) is 1. The van der Waals surface area contributed by atoms with Crippen molar-refractivity contribution in [2.24, 2.45) is 0 Å². The summed E-state index contributed by atoms with van der Waals surface area (Å²) in [5.41, 5.74) is 1.30. The minimum Gasteiger partial charge on any atom is -0.489 e. The van der Waals surface area contributed by atoms with Gasteiger partial charge < -0.3 is 15.4 Å². The summed E-state index contributed by atoms with van der Waals surface area (Å²) >= 11 is 0. The molecule has 6 nitrogen and oxygen atoms in total. The fourth-order valence-electron chi connectivity index (χ4n) is 3.15. The third kappa shape index (κ3) is 5.06. The number of carbonyl (C=O) groups excluding carboxylic acids is 2. The molecule has 0 bridgehead atoms. The summed E-state index contributed by atoms with van der Waals surface area (Å²) in [4.78, 5) is 29.1. The van der Waals surface area contributed by atoms with Gasteiger partial charge in [-0.3, -0.25) is 14.6 Å². The van der Waals surface area contributed by atoms with Crippen LogP contribution in [0.2, 0.25) is 0 Å². The first-order valence-electron chi connectivity index (χ1n) is 9.36. The van der Waals surface area contributed by atoms with Crippen LogP contribution in [-0.4, -0.2) is 28.9 Å². The molecule has 142 valence electrons. The Kier molecular flexibility index (Phi) is 6.06. The molecule has 0 radical (unpaired) electrons. The summed E-state index contributed by atoms with van der Waals surface area (Å²) < 4.78 is 5.72. The molecule has 27 heavy (non-hydrogen) atoms. The Morgan fingerprint density at radius 3 is 2.44 bits per heavy atom. The van der Waals surface area contributed by atoms with E-state index in [1.54, 1.807) is 18.2 Å². The van der Waals surface area contributed by atoms with E-state index in [1.165, 1.54) is 12.4 Å². The van der Waals surface area contributed by atoms with Gasteiger partial charge >= 0.3 is 0 Å². The molecule has 2 N–H and O–H groups in total. The second kappa shape index (κ2) is 8.66. The van der Waals surface area contributed by atoms with Crippen molar-refractivity contribution >= 4 is 17.5 Å². The van der Waals surface area contributed by atoms with Crippen LogP contribution in [0.1, 0.15) is 60.2 Å². The average Bonchev–Trinajstić information content (AvgIpc) is 3.16. The largest absolute Gasteiger partial charge is 0.489 e. The zero-order valence-electron chi connectivity index (χ0n) is 15.7. The summed E-state index contributed by atoms with van der Waals surface area (Å²) in [7, 11) is 0. The number of hydrogen-bond acceptors (Lipinski definition) is 4. The lowest BCUT2D eigenvalue weighted by molar-refractivity contribution is 0.0937. The van der Waals surface area contributed by atoms with Gasteiger partial charge in [0.1, 0.15) is 5.75 Å². The first-order valence-corrected chi connectivity index (χ1v) is 9.36. The minimum absolute atomic E-state index is 0.00710. The molecule has 1 aromatic carbocycles. The van der Waals surface area contributed by atoms with Crippen LogP contribution in [0.5, 0.6) is 5.75 Å². The van der Waals surface area contributed by atoms with Crippen molar-refractivity contribution in [2.75, 3.05) is 5.32 Å². The van der Waals surface area contributed by atoms with Crippen molar-refractivity contribution < 1.29 is 14.3 Å². The lowest BCUT2D eigenvalue weighted by atomic mass is 10.1. The molecule has 3 rings (SSSR count). The van der Waals surface area contributed by atoms with E-state index in [0.29, 0.717) is 22.6 Å². The number of carbonyl (C=O) groups is 2. The zero-order chi connectivity index (χ0) is 19.2. The molecule has 1 aliphatic rings. The molecule has 1 aliphatic carbocycles. The van der Waals surface area contributed by atoms with E-state index in [1.807, 2.05) is 26.0 Å². The first kappa shape index (κ1) is 18.9.